The number of fused-ring (bicyclic) bond motifs is 3. The van der Waals surface area contributed by atoms with Gasteiger partial charge in [0, 0.05) is 0 Å². The number of benzene rings is 1. The van der Waals surface area contributed by atoms with Crippen LogP contribution in [0.25, 0.3) is 0 Å². The summed E-state index contributed by atoms with van der Waals surface area (Å²) in [6.45, 7) is 16.8. The van der Waals surface area contributed by atoms with Crippen molar-refractivity contribution >= 4 is 0 Å². The molecule has 3 rings (SSSR count). The van der Waals surface area contributed by atoms with Gasteiger partial charge in [-0.3, -0.25) is 0 Å². The molecule has 2 aliphatic carbocycles. The fraction of sp³-hybridized carbons (Fsp3) is 0.714. The predicted molar refractivity (Wildman–Crippen MR) is 92.3 cm³/mol. The first kappa shape index (κ1) is 15.1. The van der Waals surface area contributed by atoms with Crippen molar-refractivity contribution in [1.82, 2.24) is 0 Å². The van der Waals surface area contributed by atoms with E-state index in [9.17, 15) is 0 Å². The molecule has 0 N–H and O–H groups in total. The molecule has 0 spiro atoms. The Morgan fingerprint density at radius 2 is 1.33 bits per heavy atom. The molecule has 3 unspecified atom stereocenters. The summed E-state index contributed by atoms with van der Waals surface area (Å²) in [4.78, 5) is 0. The minimum absolute atomic E-state index is 0.257. The van der Waals surface area contributed by atoms with Gasteiger partial charge in [0.15, 0.2) is 0 Å². The molecule has 0 heterocycles. The Bertz CT molecular complexity index is 551. The van der Waals surface area contributed by atoms with E-state index in [0.29, 0.717) is 0 Å². The van der Waals surface area contributed by atoms with E-state index in [1.54, 1.807) is 22.3 Å². The van der Waals surface area contributed by atoms with Crippen molar-refractivity contribution in [2.75, 3.05) is 0 Å². The zero-order valence-corrected chi connectivity index (χ0v) is 15.0. The van der Waals surface area contributed by atoms with Crippen LogP contribution in [0.5, 0.6) is 0 Å². The van der Waals surface area contributed by atoms with Gasteiger partial charge in [0.2, 0.25) is 0 Å². The van der Waals surface area contributed by atoms with Crippen LogP contribution >= 0.6 is 0 Å². The summed E-state index contributed by atoms with van der Waals surface area (Å²) in [7, 11) is 0. The molecule has 0 nitrogen and oxygen atoms in total. The lowest BCUT2D eigenvalue weighted by molar-refractivity contribution is 0.450. The van der Waals surface area contributed by atoms with Crippen LogP contribution in [0.3, 0.4) is 0 Å². The normalized spacial score (nSPS) is 28.6. The second kappa shape index (κ2) is 4.61. The van der Waals surface area contributed by atoms with Gasteiger partial charge >= 0.3 is 0 Å². The Balaban J connectivity index is 2.28. The summed E-state index contributed by atoms with van der Waals surface area (Å²) in [6, 6.07) is 4.89. The van der Waals surface area contributed by atoms with E-state index in [2.05, 4.69) is 60.6 Å². The highest BCUT2D eigenvalue weighted by atomic mass is 14.5. The molecule has 0 aromatic heterocycles. The molecule has 1 aromatic rings. The summed E-state index contributed by atoms with van der Waals surface area (Å²) in [5.41, 5.74) is 7.22. The predicted octanol–water partition coefficient (Wildman–Crippen LogP) is 6.28. The van der Waals surface area contributed by atoms with E-state index >= 15 is 0 Å². The van der Waals surface area contributed by atoms with Gasteiger partial charge < -0.3 is 0 Å². The molecule has 0 saturated heterocycles. The van der Waals surface area contributed by atoms with Gasteiger partial charge in [-0.1, -0.05) is 67.0 Å². The minimum Gasteiger partial charge on any atom is -0.0581 e. The molecule has 0 bridgehead atoms. The molecule has 116 valence electrons. The quantitative estimate of drug-likeness (QED) is 0.525. The smallest absolute Gasteiger partial charge is 0.0122 e. The highest BCUT2D eigenvalue weighted by Crippen LogP contribution is 2.58. The zero-order chi connectivity index (χ0) is 15.6. The fourth-order valence-electron chi connectivity index (χ4n) is 4.99. The molecule has 3 atom stereocenters. The molecule has 1 saturated carbocycles. The molecule has 2 aliphatic rings. The Morgan fingerprint density at radius 3 is 1.86 bits per heavy atom. The Morgan fingerprint density at radius 1 is 0.810 bits per heavy atom. The van der Waals surface area contributed by atoms with Gasteiger partial charge in [-0.2, -0.15) is 0 Å². The van der Waals surface area contributed by atoms with E-state index in [1.807, 2.05) is 0 Å². The zero-order valence-electron chi connectivity index (χ0n) is 15.0. The van der Waals surface area contributed by atoms with Crippen molar-refractivity contribution in [2.45, 2.75) is 90.4 Å². The van der Waals surface area contributed by atoms with Gasteiger partial charge in [-0.25, -0.2) is 0 Å². The standard InChI is InChI=1S/C21H32/c1-13-14-9-8-10-15(14)19-17(21(5,6)7)12-11-16(18(13)19)20(2,3)4/h11-15H,8-10H2,1-7H3. The van der Waals surface area contributed by atoms with Crippen LogP contribution in [0.4, 0.5) is 0 Å². The summed E-state index contributed by atoms with van der Waals surface area (Å²) in [5.74, 6) is 2.50. The molecule has 1 fully saturated rings. The van der Waals surface area contributed by atoms with Crippen LogP contribution in [0.1, 0.15) is 102 Å². The first-order valence-corrected chi connectivity index (χ1v) is 8.80. The van der Waals surface area contributed by atoms with E-state index in [0.717, 1.165) is 17.8 Å². The third-order valence-corrected chi connectivity index (χ3v) is 5.94. The molecule has 0 amide bonds. The van der Waals surface area contributed by atoms with Crippen LogP contribution < -0.4 is 0 Å². The van der Waals surface area contributed by atoms with Gasteiger partial charge in [-0.05, 0) is 63.7 Å². The van der Waals surface area contributed by atoms with Crippen LogP contribution in [-0.2, 0) is 10.8 Å². The van der Waals surface area contributed by atoms with Gasteiger partial charge in [0.1, 0.15) is 0 Å². The van der Waals surface area contributed by atoms with Crippen molar-refractivity contribution in [3.8, 4) is 0 Å². The van der Waals surface area contributed by atoms with Crippen LogP contribution in [0.2, 0.25) is 0 Å². The van der Waals surface area contributed by atoms with Crippen LogP contribution in [0.15, 0.2) is 12.1 Å². The lowest BCUT2D eigenvalue weighted by Gasteiger charge is -2.30. The summed E-state index contributed by atoms with van der Waals surface area (Å²) in [6.07, 6.45) is 4.29. The molecule has 0 radical (unpaired) electrons. The van der Waals surface area contributed by atoms with Crippen molar-refractivity contribution in [1.29, 1.82) is 0 Å². The lowest BCUT2D eigenvalue weighted by Crippen LogP contribution is -2.20. The van der Waals surface area contributed by atoms with Gasteiger partial charge in [0.05, 0.1) is 0 Å². The lowest BCUT2D eigenvalue weighted by atomic mass is 9.74. The maximum Gasteiger partial charge on any atom is -0.0122 e. The third kappa shape index (κ3) is 2.26. The molecule has 0 heteroatoms. The summed E-state index contributed by atoms with van der Waals surface area (Å²) >= 11 is 0. The Hall–Kier alpha value is -0.780. The summed E-state index contributed by atoms with van der Waals surface area (Å²) < 4.78 is 0. The van der Waals surface area contributed by atoms with Gasteiger partial charge in [0.25, 0.3) is 0 Å². The van der Waals surface area contributed by atoms with Crippen molar-refractivity contribution in [2.24, 2.45) is 5.92 Å². The fourth-order valence-corrected chi connectivity index (χ4v) is 4.99. The van der Waals surface area contributed by atoms with Crippen molar-refractivity contribution in [3.05, 3.63) is 34.4 Å². The summed E-state index contributed by atoms with van der Waals surface area (Å²) in [5, 5.41) is 0. The highest BCUT2D eigenvalue weighted by molar-refractivity contribution is 5.54. The van der Waals surface area contributed by atoms with Crippen molar-refractivity contribution < 1.29 is 0 Å². The second-order valence-electron chi connectivity index (χ2n) is 9.48. The van der Waals surface area contributed by atoms with Crippen LogP contribution in [-0.4, -0.2) is 0 Å². The first-order valence-electron chi connectivity index (χ1n) is 8.80. The molecule has 1 aromatic carbocycles. The SMILES string of the molecule is CC1c2c(C(C)(C)C)ccc(C(C)(C)C)c2C2CCCC12. The maximum atomic E-state index is 2.50. The monoisotopic (exact) mass is 284 g/mol. The average Bonchev–Trinajstić information content (AvgIpc) is 2.90. The molecule has 0 aliphatic heterocycles. The molecular weight excluding hydrogens is 252 g/mol. The van der Waals surface area contributed by atoms with E-state index < -0.39 is 0 Å². The van der Waals surface area contributed by atoms with E-state index in [4.69, 9.17) is 0 Å². The molecule has 21 heavy (non-hydrogen) atoms. The number of hydrogen-bond acceptors (Lipinski definition) is 0. The Labute approximate surface area is 131 Å². The highest BCUT2D eigenvalue weighted by Gasteiger charge is 2.45. The average molecular weight is 284 g/mol. The number of hydrogen-bond donors (Lipinski definition) is 0. The Kier molecular flexibility index (Phi) is 3.32. The van der Waals surface area contributed by atoms with E-state index in [-0.39, 0.29) is 10.8 Å². The first-order chi connectivity index (χ1) is 9.62. The second-order valence-corrected chi connectivity index (χ2v) is 9.48. The molecular formula is C21H32. The topological polar surface area (TPSA) is 0 Å². The third-order valence-electron chi connectivity index (χ3n) is 5.94. The van der Waals surface area contributed by atoms with Crippen molar-refractivity contribution in [3.63, 3.8) is 0 Å². The van der Waals surface area contributed by atoms with Gasteiger partial charge in [-0.15, -0.1) is 0 Å². The minimum atomic E-state index is 0.257. The number of rotatable bonds is 0. The van der Waals surface area contributed by atoms with E-state index in [1.165, 1.54) is 19.3 Å². The largest absolute Gasteiger partial charge is 0.0581 e. The maximum absolute atomic E-state index is 2.50. The van der Waals surface area contributed by atoms with Crippen LogP contribution in [0, 0.1) is 5.92 Å².